The summed E-state index contributed by atoms with van der Waals surface area (Å²) in [5, 5.41) is 15.9. The highest BCUT2D eigenvalue weighted by atomic mass is 35.5. The Morgan fingerprint density at radius 2 is 1.80 bits per heavy atom. The monoisotopic (exact) mass is 585 g/mol. The second-order valence-electron chi connectivity index (χ2n) is 12.1. The number of halogens is 5. The van der Waals surface area contributed by atoms with E-state index in [2.05, 4.69) is 10.4 Å². The third-order valence-corrected chi connectivity index (χ3v) is 8.71. The van der Waals surface area contributed by atoms with Gasteiger partial charge in [-0.3, -0.25) is 19.1 Å². The minimum Gasteiger partial charge on any atom is -0.481 e. The molecule has 0 bridgehead atoms. The molecule has 40 heavy (non-hydrogen) atoms. The van der Waals surface area contributed by atoms with Crippen molar-refractivity contribution >= 4 is 29.3 Å². The Morgan fingerprint density at radius 3 is 2.33 bits per heavy atom. The molecule has 0 spiro atoms. The van der Waals surface area contributed by atoms with Crippen LogP contribution in [0, 0.1) is 22.6 Å². The van der Waals surface area contributed by atoms with Crippen LogP contribution in [0.5, 0.6) is 0 Å². The summed E-state index contributed by atoms with van der Waals surface area (Å²) in [6, 6.07) is 2.24. The van der Waals surface area contributed by atoms with E-state index in [1.54, 1.807) is 6.92 Å². The third kappa shape index (κ3) is 6.04. The van der Waals surface area contributed by atoms with Gasteiger partial charge in [0.25, 0.3) is 5.91 Å². The highest BCUT2D eigenvalue weighted by molar-refractivity contribution is 6.34. The smallest absolute Gasteiger partial charge is 0.433 e. The molecule has 1 heterocycles. The predicted octanol–water partition coefficient (Wildman–Crippen LogP) is 6.71. The molecule has 218 valence electrons. The van der Waals surface area contributed by atoms with Gasteiger partial charge in [0.2, 0.25) is 0 Å². The van der Waals surface area contributed by atoms with Gasteiger partial charge in [-0.25, -0.2) is 4.39 Å². The fourth-order valence-corrected chi connectivity index (χ4v) is 6.35. The average Bonchev–Trinajstić information content (AvgIpc) is 3.28. The SMILES string of the molecule is CC1(C)CC(C(CC(=O)c2c(F)cccc2Cl)NC(=O)c2cnn(C3CCC(C)(C(=O)O)CC3)c2C(F)(F)F)C1. The van der Waals surface area contributed by atoms with Crippen molar-refractivity contribution in [1.29, 1.82) is 0 Å². The van der Waals surface area contributed by atoms with Gasteiger partial charge in [-0.2, -0.15) is 18.3 Å². The summed E-state index contributed by atoms with van der Waals surface area (Å²) >= 11 is 6.05. The van der Waals surface area contributed by atoms with E-state index < -0.39 is 58.4 Å². The number of aliphatic carboxylic acids is 1. The molecular formula is C28H32ClF4N3O4. The molecule has 1 aromatic heterocycles. The molecule has 4 rings (SSSR count). The Bertz CT molecular complexity index is 1290. The van der Waals surface area contributed by atoms with Crippen LogP contribution in [0.4, 0.5) is 17.6 Å². The van der Waals surface area contributed by atoms with Crippen molar-refractivity contribution in [2.45, 2.75) is 84.0 Å². The van der Waals surface area contributed by atoms with Gasteiger partial charge in [-0.15, -0.1) is 0 Å². The van der Waals surface area contributed by atoms with Gasteiger partial charge in [0.1, 0.15) is 5.82 Å². The zero-order chi connectivity index (χ0) is 29.6. The maximum absolute atomic E-state index is 14.4. The number of aromatic nitrogens is 2. The number of amides is 1. The second kappa shape index (κ2) is 10.8. The maximum atomic E-state index is 14.4. The molecule has 0 saturated heterocycles. The summed E-state index contributed by atoms with van der Waals surface area (Å²) in [5.41, 5.74) is -3.32. The van der Waals surface area contributed by atoms with Gasteiger partial charge in [0.15, 0.2) is 11.5 Å². The van der Waals surface area contributed by atoms with E-state index in [9.17, 15) is 37.1 Å². The molecule has 1 aromatic carbocycles. The lowest BCUT2D eigenvalue weighted by atomic mass is 9.61. The topological polar surface area (TPSA) is 101 Å². The molecule has 1 unspecified atom stereocenters. The largest absolute Gasteiger partial charge is 0.481 e. The number of benzene rings is 1. The molecule has 1 atom stereocenters. The first-order valence-electron chi connectivity index (χ1n) is 13.2. The second-order valence-corrected chi connectivity index (χ2v) is 12.5. The van der Waals surface area contributed by atoms with Gasteiger partial charge >= 0.3 is 12.1 Å². The molecule has 2 saturated carbocycles. The Morgan fingerprint density at radius 1 is 1.18 bits per heavy atom. The summed E-state index contributed by atoms with van der Waals surface area (Å²) < 4.78 is 58.0. The summed E-state index contributed by atoms with van der Waals surface area (Å²) in [6.07, 6.45) is -2.49. The third-order valence-electron chi connectivity index (χ3n) is 8.39. The van der Waals surface area contributed by atoms with E-state index in [1.165, 1.54) is 12.1 Å². The lowest BCUT2D eigenvalue weighted by molar-refractivity contribution is -0.152. The number of hydrogen-bond donors (Lipinski definition) is 2. The lowest BCUT2D eigenvalue weighted by Gasteiger charge is -2.46. The molecule has 2 aromatic rings. The van der Waals surface area contributed by atoms with Gasteiger partial charge in [-0.1, -0.05) is 31.5 Å². The number of nitrogens with one attached hydrogen (secondary N) is 1. The number of carboxylic acids is 1. The quantitative estimate of drug-likeness (QED) is 0.265. The van der Waals surface area contributed by atoms with Crippen molar-refractivity contribution in [1.82, 2.24) is 15.1 Å². The van der Waals surface area contributed by atoms with Crippen molar-refractivity contribution in [3.05, 3.63) is 52.1 Å². The molecule has 2 N–H and O–H groups in total. The summed E-state index contributed by atoms with van der Waals surface area (Å²) in [7, 11) is 0. The molecule has 7 nitrogen and oxygen atoms in total. The zero-order valence-electron chi connectivity index (χ0n) is 22.4. The van der Waals surface area contributed by atoms with Crippen molar-refractivity contribution in [2.75, 3.05) is 0 Å². The van der Waals surface area contributed by atoms with Gasteiger partial charge in [-0.05, 0) is 68.9 Å². The molecular weight excluding hydrogens is 554 g/mol. The van der Waals surface area contributed by atoms with Crippen LogP contribution >= 0.6 is 11.6 Å². The molecule has 2 aliphatic carbocycles. The standard InChI is InChI=1S/C28H32ClF4N3O4/c1-26(2)12-15(13-26)20(11-21(37)22-18(29)5-4-6-19(22)30)35-24(38)17-14-34-36(23(17)28(31,32)33)16-7-9-27(3,10-8-16)25(39)40/h4-6,14-16,20H,7-13H2,1-3H3,(H,35,38)(H,39,40). The number of ketones is 1. The number of Topliss-reactive ketones (excluding diaryl/α,β-unsaturated/α-hetero) is 1. The number of alkyl halides is 3. The van der Waals surface area contributed by atoms with Crippen LogP contribution < -0.4 is 5.32 Å². The van der Waals surface area contributed by atoms with Gasteiger partial charge in [0.05, 0.1) is 33.8 Å². The number of hydrogen-bond acceptors (Lipinski definition) is 4. The number of carboxylic acid groups (broad SMARTS) is 1. The summed E-state index contributed by atoms with van der Waals surface area (Å²) in [6.45, 7) is 5.57. The van der Waals surface area contributed by atoms with Crippen molar-refractivity contribution < 1.29 is 37.1 Å². The molecule has 0 aliphatic heterocycles. The van der Waals surface area contributed by atoms with Crippen molar-refractivity contribution in [3.63, 3.8) is 0 Å². The maximum Gasteiger partial charge on any atom is 0.433 e. The fraction of sp³-hybridized carbons (Fsp3) is 0.571. The van der Waals surface area contributed by atoms with Crippen molar-refractivity contribution in [2.24, 2.45) is 16.7 Å². The number of carbonyl (C=O) groups is 3. The highest BCUT2D eigenvalue weighted by Gasteiger charge is 2.46. The van der Waals surface area contributed by atoms with E-state index in [0.717, 1.165) is 16.9 Å². The van der Waals surface area contributed by atoms with Crippen LogP contribution in [0.1, 0.15) is 98.2 Å². The minimum absolute atomic E-state index is 0.0697. The Kier molecular flexibility index (Phi) is 8.10. The van der Waals surface area contributed by atoms with Crippen LogP contribution in [-0.4, -0.2) is 38.6 Å². The average molecular weight is 586 g/mol. The Labute approximate surface area is 234 Å². The van der Waals surface area contributed by atoms with E-state index >= 15 is 0 Å². The normalized spacial score (nSPS) is 23.8. The number of nitrogens with zero attached hydrogens (tertiary/aromatic N) is 2. The van der Waals surface area contributed by atoms with Crippen LogP contribution in [0.25, 0.3) is 0 Å². The van der Waals surface area contributed by atoms with E-state index in [-0.39, 0.29) is 54.0 Å². The first-order chi connectivity index (χ1) is 18.5. The first kappa shape index (κ1) is 30.0. The minimum atomic E-state index is -4.92. The van der Waals surface area contributed by atoms with E-state index in [1.807, 2.05) is 13.8 Å². The molecule has 2 aliphatic rings. The highest BCUT2D eigenvalue weighted by Crippen LogP contribution is 2.47. The van der Waals surface area contributed by atoms with Gasteiger partial charge in [0, 0.05) is 12.5 Å². The van der Waals surface area contributed by atoms with E-state index in [4.69, 9.17) is 11.6 Å². The Balaban J connectivity index is 1.59. The molecule has 2 fully saturated rings. The van der Waals surface area contributed by atoms with Crippen molar-refractivity contribution in [3.8, 4) is 0 Å². The lowest BCUT2D eigenvalue weighted by Crippen LogP contribution is -2.49. The molecule has 1 amide bonds. The number of carbonyl (C=O) groups excluding carboxylic acids is 2. The first-order valence-corrected chi connectivity index (χ1v) is 13.6. The zero-order valence-corrected chi connectivity index (χ0v) is 23.2. The fourth-order valence-electron chi connectivity index (χ4n) is 6.08. The summed E-state index contributed by atoms with van der Waals surface area (Å²) in [5.74, 6) is -3.71. The van der Waals surface area contributed by atoms with Gasteiger partial charge < -0.3 is 10.4 Å². The predicted molar refractivity (Wildman–Crippen MR) is 139 cm³/mol. The van der Waals surface area contributed by atoms with E-state index in [0.29, 0.717) is 12.8 Å². The summed E-state index contributed by atoms with van der Waals surface area (Å²) in [4.78, 5) is 37.9. The van der Waals surface area contributed by atoms with Crippen LogP contribution in [-0.2, 0) is 11.0 Å². The van der Waals surface area contributed by atoms with Crippen LogP contribution in [0.15, 0.2) is 24.4 Å². The van der Waals surface area contributed by atoms with Crippen LogP contribution in [0.3, 0.4) is 0 Å². The molecule has 12 heteroatoms. The Hall–Kier alpha value is -2.95. The molecule has 0 radical (unpaired) electrons. The number of rotatable bonds is 8. The van der Waals surface area contributed by atoms with Crippen LogP contribution in [0.2, 0.25) is 5.02 Å².